The summed E-state index contributed by atoms with van der Waals surface area (Å²) < 4.78 is 14.1. The lowest BCUT2D eigenvalue weighted by Gasteiger charge is -2.40. The molecule has 104 valence electrons. The van der Waals surface area contributed by atoms with Gasteiger partial charge in [0, 0.05) is 29.4 Å². The number of rotatable bonds is 2. The highest BCUT2D eigenvalue weighted by Crippen LogP contribution is 2.42. The van der Waals surface area contributed by atoms with Gasteiger partial charge in [-0.2, -0.15) is 0 Å². The Kier molecular flexibility index (Phi) is 3.23. The van der Waals surface area contributed by atoms with E-state index in [1.165, 1.54) is 6.07 Å². The number of halogens is 1. The van der Waals surface area contributed by atoms with Crippen LogP contribution < -0.4 is 10.6 Å². The Balaban J connectivity index is 2.01. The summed E-state index contributed by atoms with van der Waals surface area (Å²) >= 11 is 0. The second-order valence-electron chi connectivity index (χ2n) is 5.88. The lowest BCUT2D eigenvalue weighted by molar-refractivity contribution is 0.126. The van der Waals surface area contributed by atoms with Crippen molar-refractivity contribution in [3.63, 3.8) is 0 Å². The quantitative estimate of drug-likeness (QED) is 0.862. The molecule has 19 heavy (non-hydrogen) atoms. The maximum atomic E-state index is 14.1. The first-order chi connectivity index (χ1) is 9.08. The van der Waals surface area contributed by atoms with Crippen molar-refractivity contribution in [1.29, 1.82) is 0 Å². The zero-order valence-electron chi connectivity index (χ0n) is 11.2. The van der Waals surface area contributed by atoms with Crippen LogP contribution in [0.25, 0.3) is 0 Å². The Morgan fingerprint density at radius 3 is 2.53 bits per heavy atom. The number of hydrogen-bond donors (Lipinski definition) is 2. The van der Waals surface area contributed by atoms with Crippen molar-refractivity contribution in [3.8, 4) is 0 Å². The van der Waals surface area contributed by atoms with Gasteiger partial charge in [-0.05, 0) is 44.7 Å². The van der Waals surface area contributed by atoms with E-state index in [0.29, 0.717) is 17.6 Å². The van der Waals surface area contributed by atoms with Gasteiger partial charge in [0.25, 0.3) is 0 Å². The maximum Gasteiger partial charge on any atom is 0.130 e. The van der Waals surface area contributed by atoms with Crippen molar-refractivity contribution in [2.24, 2.45) is 5.73 Å². The average Bonchev–Trinajstić information content (AvgIpc) is 2.60. The van der Waals surface area contributed by atoms with E-state index in [9.17, 15) is 9.50 Å². The van der Waals surface area contributed by atoms with Crippen LogP contribution in [0.3, 0.4) is 0 Å². The molecule has 3 atom stereocenters. The van der Waals surface area contributed by atoms with E-state index < -0.39 is 0 Å². The lowest BCUT2D eigenvalue weighted by Crippen LogP contribution is -2.45. The molecule has 0 aromatic heterocycles. The smallest absolute Gasteiger partial charge is 0.130 e. The van der Waals surface area contributed by atoms with Gasteiger partial charge in [-0.3, -0.25) is 0 Å². The van der Waals surface area contributed by atoms with Gasteiger partial charge in [0.2, 0.25) is 0 Å². The first-order valence-electron chi connectivity index (χ1n) is 7.08. The van der Waals surface area contributed by atoms with Gasteiger partial charge in [0.1, 0.15) is 5.82 Å². The molecule has 0 saturated carbocycles. The SMILES string of the molecule is C[C@H](N)c1c(F)cccc1N1C2CCC1CC(O)C2. The third-order valence-electron chi connectivity index (χ3n) is 4.47. The molecule has 2 aliphatic rings. The van der Waals surface area contributed by atoms with Gasteiger partial charge in [0.05, 0.1) is 6.10 Å². The largest absolute Gasteiger partial charge is 0.393 e. The Bertz CT molecular complexity index is 463. The van der Waals surface area contributed by atoms with Crippen LogP contribution in [0, 0.1) is 5.82 Å². The molecule has 2 aliphatic heterocycles. The van der Waals surface area contributed by atoms with Crippen LogP contribution in [0.4, 0.5) is 10.1 Å². The van der Waals surface area contributed by atoms with E-state index in [0.717, 1.165) is 31.4 Å². The van der Waals surface area contributed by atoms with Crippen LogP contribution in [0.1, 0.15) is 44.2 Å². The summed E-state index contributed by atoms with van der Waals surface area (Å²) in [7, 11) is 0. The van der Waals surface area contributed by atoms with Crippen LogP contribution in [0.5, 0.6) is 0 Å². The minimum atomic E-state index is -0.317. The fourth-order valence-corrected chi connectivity index (χ4v) is 3.74. The molecule has 2 unspecified atom stereocenters. The number of fused-ring (bicyclic) bond motifs is 2. The Labute approximate surface area is 113 Å². The van der Waals surface area contributed by atoms with E-state index in [4.69, 9.17) is 5.73 Å². The molecule has 0 aliphatic carbocycles. The van der Waals surface area contributed by atoms with Crippen molar-refractivity contribution in [3.05, 3.63) is 29.6 Å². The molecule has 3 N–H and O–H groups in total. The molecular weight excluding hydrogens is 243 g/mol. The fourth-order valence-electron chi connectivity index (χ4n) is 3.74. The first kappa shape index (κ1) is 12.9. The summed E-state index contributed by atoms with van der Waals surface area (Å²) in [5.74, 6) is -0.224. The summed E-state index contributed by atoms with van der Waals surface area (Å²) in [5.41, 5.74) is 7.48. The van der Waals surface area contributed by atoms with Crippen LogP contribution in [0.15, 0.2) is 18.2 Å². The van der Waals surface area contributed by atoms with E-state index in [2.05, 4.69) is 4.90 Å². The highest BCUT2D eigenvalue weighted by atomic mass is 19.1. The van der Waals surface area contributed by atoms with Crippen LogP contribution in [-0.4, -0.2) is 23.3 Å². The average molecular weight is 264 g/mol. The maximum absolute atomic E-state index is 14.1. The highest BCUT2D eigenvalue weighted by molar-refractivity contribution is 5.58. The van der Waals surface area contributed by atoms with Crippen molar-refractivity contribution in [2.45, 2.75) is 56.8 Å². The van der Waals surface area contributed by atoms with Gasteiger partial charge < -0.3 is 15.7 Å². The van der Waals surface area contributed by atoms with Gasteiger partial charge in [-0.1, -0.05) is 6.07 Å². The molecule has 2 saturated heterocycles. The number of aliphatic hydroxyl groups excluding tert-OH is 1. The van der Waals surface area contributed by atoms with Crippen LogP contribution >= 0.6 is 0 Å². The van der Waals surface area contributed by atoms with Gasteiger partial charge in [0.15, 0.2) is 0 Å². The summed E-state index contributed by atoms with van der Waals surface area (Å²) in [6.07, 6.45) is 3.52. The molecule has 1 aromatic carbocycles. The Morgan fingerprint density at radius 2 is 1.95 bits per heavy atom. The molecule has 0 spiro atoms. The Morgan fingerprint density at radius 1 is 1.32 bits per heavy atom. The normalized spacial score (nSPS) is 31.6. The monoisotopic (exact) mass is 264 g/mol. The second-order valence-corrected chi connectivity index (χ2v) is 5.88. The van der Waals surface area contributed by atoms with Crippen molar-refractivity contribution < 1.29 is 9.50 Å². The fraction of sp³-hybridized carbons (Fsp3) is 0.600. The number of benzene rings is 1. The molecule has 3 nitrogen and oxygen atoms in total. The number of aliphatic hydroxyl groups is 1. The summed E-state index contributed by atoms with van der Waals surface area (Å²) in [4.78, 5) is 2.30. The highest BCUT2D eigenvalue weighted by Gasteiger charge is 2.41. The summed E-state index contributed by atoms with van der Waals surface area (Å²) in [6, 6.07) is 5.53. The number of nitrogens with two attached hydrogens (primary N) is 1. The molecule has 1 aromatic rings. The zero-order chi connectivity index (χ0) is 13.6. The number of nitrogens with zero attached hydrogens (tertiary/aromatic N) is 1. The summed E-state index contributed by atoms with van der Waals surface area (Å²) in [6.45, 7) is 1.82. The molecule has 2 fully saturated rings. The molecule has 2 heterocycles. The zero-order valence-corrected chi connectivity index (χ0v) is 11.2. The van der Waals surface area contributed by atoms with Gasteiger partial charge in [-0.15, -0.1) is 0 Å². The topological polar surface area (TPSA) is 49.5 Å². The lowest BCUT2D eigenvalue weighted by atomic mass is 9.96. The van der Waals surface area contributed by atoms with Crippen LogP contribution in [-0.2, 0) is 0 Å². The van der Waals surface area contributed by atoms with Crippen molar-refractivity contribution >= 4 is 5.69 Å². The minimum absolute atomic E-state index is 0.207. The third kappa shape index (κ3) is 2.13. The van der Waals surface area contributed by atoms with Gasteiger partial charge in [-0.25, -0.2) is 4.39 Å². The van der Waals surface area contributed by atoms with Crippen molar-refractivity contribution in [2.75, 3.05) is 4.90 Å². The molecule has 0 radical (unpaired) electrons. The first-order valence-corrected chi connectivity index (χ1v) is 7.08. The number of anilines is 1. The molecule has 0 amide bonds. The standard InChI is InChI=1S/C15H21FN2O/c1-9(17)15-13(16)3-2-4-14(15)18-10-5-6-11(18)8-12(19)7-10/h2-4,9-12,19H,5-8,17H2,1H3/t9-,10?,11?,12?/m0/s1. The van der Waals surface area contributed by atoms with E-state index in [1.54, 1.807) is 6.07 Å². The summed E-state index contributed by atoms with van der Waals surface area (Å²) in [5, 5.41) is 9.86. The van der Waals surface area contributed by atoms with E-state index in [1.807, 2.05) is 13.0 Å². The molecule has 4 heteroatoms. The third-order valence-corrected chi connectivity index (χ3v) is 4.47. The Hall–Kier alpha value is -1.13. The molecular formula is C15H21FN2O. The molecule has 2 bridgehead atoms. The predicted molar refractivity (Wildman–Crippen MR) is 73.5 cm³/mol. The number of hydrogen-bond acceptors (Lipinski definition) is 3. The predicted octanol–water partition coefficient (Wildman–Crippen LogP) is 2.34. The molecule has 3 rings (SSSR count). The van der Waals surface area contributed by atoms with Crippen molar-refractivity contribution in [1.82, 2.24) is 0 Å². The van der Waals surface area contributed by atoms with Gasteiger partial charge >= 0.3 is 0 Å². The second kappa shape index (κ2) is 4.76. The number of piperidine rings is 1. The van der Waals surface area contributed by atoms with E-state index in [-0.39, 0.29) is 18.0 Å². The minimum Gasteiger partial charge on any atom is -0.393 e. The van der Waals surface area contributed by atoms with E-state index >= 15 is 0 Å². The van der Waals surface area contributed by atoms with Crippen LogP contribution in [0.2, 0.25) is 0 Å².